The zero-order valence-electron chi connectivity index (χ0n) is 13.3. The Morgan fingerprint density at radius 2 is 1.62 bits per heavy atom. The highest BCUT2D eigenvalue weighted by atomic mass is 35.5. The number of nitrogens with one attached hydrogen (secondary N) is 1. The molecule has 1 aromatic carbocycles. The summed E-state index contributed by atoms with van der Waals surface area (Å²) in [4.78, 5) is 2.37. The Labute approximate surface area is 133 Å². The summed E-state index contributed by atoms with van der Waals surface area (Å²) in [7, 11) is 5.46. The summed E-state index contributed by atoms with van der Waals surface area (Å²) < 4.78 is 10.3. The predicted molar refractivity (Wildman–Crippen MR) is 88.1 cm³/mol. The Balaban J connectivity index is 2.51. The average Bonchev–Trinajstić information content (AvgIpc) is 2.51. The van der Waals surface area contributed by atoms with Crippen LogP contribution in [-0.4, -0.2) is 59.0 Å². The molecule has 21 heavy (non-hydrogen) atoms. The first-order valence-corrected chi connectivity index (χ1v) is 7.72. The zero-order valence-corrected chi connectivity index (χ0v) is 14.0. The lowest BCUT2D eigenvalue weighted by Crippen LogP contribution is -2.33. The molecule has 0 aromatic heterocycles. The second kappa shape index (κ2) is 11.0. The molecular formula is C16H27ClN2O2. The molecule has 0 fully saturated rings. The van der Waals surface area contributed by atoms with Gasteiger partial charge < -0.3 is 14.8 Å². The Kier molecular flexibility index (Phi) is 9.63. The third kappa shape index (κ3) is 7.25. The van der Waals surface area contributed by atoms with Gasteiger partial charge in [0, 0.05) is 44.9 Å². The Morgan fingerprint density at radius 1 is 1.05 bits per heavy atom. The maximum atomic E-state index is 5.95. The highest BCUT2D eigenvalue weighted by molar-refractivity contribution is 6.30. The lowest BCUT2D eigenvalue weighted by atomic mass is 10.0. The van der Waals surface area contributed by atoms with Gasteiger partial charge in [-0.25, -0.2) is 0 Å². The standard InChI is InChI=1S/C16H27ClN2O2/c1-18-16(14-4-6-15(17)7-5-14)8-9-19(10-12-20-2)11-13-21-3/h4-7,16,18H,8-13H2,1-3H3. The molecule has 0 saturated carbocycles. The smallest absolute Gasteiger partial charge is 0.0589 e. The van der Waals surface area contributed by atoms with E-state index in [1.807, 2.05) is 19.2 Å². The third-order valence-corrected chi connectivity index (χ3v) is 3.83. The van der Waals surface area contributed by atoms with Crippen molar-refractivity contribution in [3.8, 4) is 0 Å². The molecule has 4 nitrogen and oxygen atoms in total. The van der Waals surface area contributed by atoms with Crippen LogP contribution in [0.3, 0.4) is 0 Å². The van der Waals surface area contributed by atoms with Crippen molar-refractivity contribution in [2.75, 3.05) is 54.1 Å². The van der Waals surface area contributed by atoms with Gasteiger partial charge in [-0.15, -0.1) is 0 Å². The summed E-state index contributed by atoms with van der Waals surface area (Å²) in [5, 5.41) is 4.15. The molecule has 0 aliphatic rings. The number of rotatable bonds is 11. The predicted octanol–water partition coefficient (Wildman–Crippen LogP) is 2.59. The van der Waals surface area contributed by atoms with E-state index in [1.165, 1.54) is 5.56 Å². The summed E-state index contributed by atoms with van der Waals surface area (Å²) in [5.41, 5.74) is 1.26. The number of nitrogens with zero attached hydrogens (tertiary/aromatic N) is 1. The van der Waals surface area contributed by atoms with Crippen LogP contribution in [0.5, 0.6) is 0 Å². The van der Waals surface area contributed by atoms with Crippen LogP contribution in [-0.2, 0) is 9.47 Å². The molecule has 0 bridgehead atoms. The van der Waals surface area contributed by atoms with E-state index in [4.69, 9.17) is 21.1 Å². The summed E-state index contributed by atoms with van der Waals surface area (Å²) in [6, 6.07) is 8.37. The van der Waals surface area contributed by atoms with Gasteiger partial charge in [-0.1, -0.05) is 23.7 Å². The molecule has 0 aliphatic carbocycles. The van der Waals surface area contributed by atoms with E-state index in [9.17, 15) is 0 Å². The number of halogens is 1. The van der Waals surface area contributed by atoms with Crippen molar-refractivity contribution < 1.29 is 9.47 Å². The van der Waals surface area contributed by atoms with E-state index in [0.717, 1.165) is 44.3 Å². The van der Waals surface area contributed by atoms with E-state index >= 15 is 0 Å². The van der Waals surface area contributed by atoms with Gasteiger partial charge in [0.1, 0.15) is 0 Å². The average molecular weight is 315 g/mol. The molecular weight excluding hydrogens is 288 g/mol. The maximum Gasteiger partial charge on any atom is 0.0589 e. The summed E-state index contributed by atoms with van der Waals surface area (Å²) >= 11 is 5.95. The van der Waals surface area contributed by atoms with Crippen molar-refractivity contribution >= 4 is 11.6 Å². The van der Waals surface area contributed by atoms with Crippen LogP contribution in [0.25, 0.3) is 0 Å². The van der Waals surface area contributed by atoms with Gasteiger partial charge in [0.15, 0.2) is 0 Å². The van der Waals surface area contributed by atoms with Crippen molar-refractivity contribution in [1.82, 2.24) is 10.2 Å². The fourth-order valence-electron chi connectivity index (χ4n) is 2.26. The van der Waals surface area contributed by atoms with E-state index < -0.39 is 0 Å². The highest BCUT2D eigenvalue weighted by Gasteiger charge is 2.12. The van der Waals surface area contributed by atoms with Crippen molar-refractivity contribution in [1.29, 1.82) is 0 Å². The van der Waals surface area contributed by atoms with Crippen molar-refractivity contribution in [3.63, 3.8) is 0 Å². The fraction of sp³-hybridized carbons (Fsp3) is 0.625. The van der Waals surface area contributed by atoms with E-state index in [2.05, 4.69) is 22.3 Å². The van der Waals surface area contributed by atoms with Gasteiger partial charge in [-0.05, 0) is 31.2 Å². The molecule has 0 heterocycles. The van der Waals surface area contributed by atoms with Crippen molar-refractivity contribution in [3.05, 3.63) is 34.9 Å². The molecule has 1 aromatic rings. The first-order valence-electron chi connectivity index (χ1n) is 7.34. The van der Waals surface area contributed by atoms with E-state index in [0.29, 0.717) is 6.04 Å². The molecule has 0 radical (unpaired) electrons. The minimum atomic E-state index is 0.329. The molecule has 5 heteroatoms. The van der Waals surface area contributed by atoms with Crippen molar-refractivity contribution in [2.45, 2.75) is 12.5 Å². The molecule has 0 amide bonds. The lowest BCUT2D eigenvalue weighted by molar-refractivity contribution is 0.111. The number of methoxy groups -OCH3 is 2. The van der Waals surface area contributed by atoms with E-state index in [-0.39, 0.29) is 0 Å². The maximum absolute atomic E-state index is 5.95. The van der Waals surface area contributed by atoms with Gasteiger partial charge in [0.25, 0.3) is 0 Å². The molecule has 1 rings (SSSR count). The van der Waals surface area contributed by atoms with Crippen LogP contribution in [0.15, 0.2) is 24.3 Å². The number of benzene rings is 1. The number of ether oxygens (including phenoxy) is 2. The fourth-order valence-corrected chi connectivity index (χ4v) is 2.39. The minimum absolute atomic E-state index is 0.329. The van der Waals surface area contributed by atoms with Gasteiger partial charge >= 0.3 is 0 Å². The number of hydrogen-bond acceptors (Lipinski definition) is 4. The van der Waals surface area contributed by atoms with Crippen LogP contribution in [0.4, 0.5) is 0 Å². The van der Waals surface area contributed by atoms with Crippen LogP contribution >= 0.6 is 11.6 Å². The summed E-state index contributed by atoms with van der Waals surface area (Å²) in [5.74, 6) is 0. The molecule has 1 unspecified atom stereocenters. The Bertz CT molecular complexity index is 365. The SMILES string of the molecule is CNC(CCN(CCOC)CCOC)c1ccc(Cl)cc1. The molecule has 0 saturated heterocycles. The molecule has 120 valence electrons. The first kappa shape index (κ1) is 18.4. The monoisotopic (exact) mass is 314 g/mol. The summed E-state index contributed by atoms with van der Waals surface area (Å²) in [6.07, 6.45) is 1.03. The largest absolute Gasteiger partial charge is 0.383 e. The molecule has 0 spiro atoms. The Hall–Kier alpha value is -0.650. The van der Waals surface area contributed by atoms with Crippen molar-refractivity contribution in [2.24, 2.45) is 0 Å². The molecule has 1 N–H and O–H groups in total. The second-order valence-corrected chi connectivity index (χ2v) is 5.45. The molecule has 1 atom stereocenters. The van der Waals surface area contributed by atoms with Gasteiger partial charge in [0.05, 0.1) is 13.2 Å². The topological polar surface area (TPSA) is 33.7 Å². The minimum Gasteiger partial charge on any atom is -0.383 e. The normalized spacial score (nSPS) is 12.8. The van der Waals surface area contributed by atoms with Gasteiger partial charge in [-0.3, -0.25) is 4.90 Å². The number of hydrogen-bond donors (Lipinski definition) is 1. The van der Waals surface area contributed by atoms with Crippen LogP contribution in [0, 0.1) is 0 Å². The van der Waals surface area contributed by atoms with Gasteiger partial charge in [-0.2, -0.15) is 0 Å². The highest BCUT2D eigenvalue weighted by Crippen LogP contribution is 2.19. The van der Waals surface area contributed by atoms with Crippen LogP contribution < -0.4 is 5.32 Å². The summed E-state index contributed by atoms with van der Waals surface area (Å²) in [6.45, 7) is 4.35. The van der Waals surface area contributed by atoms with E-state index in [1.54, 1.807) is 14.2 Å². The third-order valence-electron chi connectivity index (χ3n) is 3.58. The first-order chi connectivity index (χ1) is 10.2. The van der Waals surface area contributed by atoms with Crippen LogP contribution in [0.2, 0.25) is 5.02 Å². The molecule has 0 aliphatic heterocycles. The van der Waals surface area contributed by atoms with Crippen LogP contribution in [0.1, 0.15) is 18.0 Å². The lowest BCUT2D eigenvalue weighted by Gasteiger charge is -2.25. The Morgan fingerprint density at radius 3 is 2.10 bits per heavy atom. The quantitative estimate of drug-likeness (QED) is 0.681. The zero-order chi connectivity index (χ0) is 15.5. The second-order valence-electron chi connectivity index (χ2n) is 5.01. The van der Waals surface area contributed by atoms with Gasteiger partial charge in [0.2, 0.25) is 0 Å².